The van der Waals surface area contributed by atoms with Crippen LogP contribution in [0.3, 0.4) is 0 Å². The van der Waals surface area contributed by atoms with Crippen molar-refractivity contribution in [1.82, 2.24) is 10.2 Å². The average molecular weight is 656 g/mol. The molecule has 47 heavy (non-hydrogen) atoms. The van der Waals surface area contributed by atoms with Crippen LogP contribution in [0.15, 0.2) is 102 Å². The van der Waals surface area contributed by atoms with E-state index in [1.54, 1.807) is 24.3 Å². The highest BCUT2D eigenvalue weighted by molar-refractivity contribution is 7.92. The van der Waals surface area contributed by atoms with Crippen LogP contribution in [-0.2, 0) is 32.6 Å². The fourth-order valence-corrected chi connectivity index (χ4v) is 6.65. The lowest BCUT2D eigenvalue weighted by atomic mass is 10.0. The number of methoxy groups -OCH3 is 1. The van der Waals surface area contributed by atoms with E-state index in [4.69, 9.17) is 4.74 Å². The Bertz CT molecular complexity index is 1760. The molecule has 0 aliphatic heterocycles. The number of sulfonamides is 1. The number of carbonyl (C=O) groups excluding carboxylic acids is 2. The number of nitrogens with zero attached hydrogens (tertiary/aromatic N) is 2. The number of rotatable bonds is 14. The van der Waals surface area contributed by atoms with Gasteiger partial charge in [-0.2, -0.15) is 0 Å². The van der Waals surface area contributed by atoms with E-state index in [1.807, 2.05) is 95.3 Å². The van der Waals surface area contributed by atoms with Crippen molar-refractivity contribution in [2.45, 2.75) is 71.0 Å². The Labute approximate surface area is 279 Å². The largest absolute Gasteiger partial charge is 0.495 e. The lowest BCUT2D eigenvalue weighted by Gasteiger charge is -2.34. The summed E-state index contributed by atoms with van der Waals surface area (Å²) < 4.78 is 35.5. The Morgan fingerprint density at radius 3 is 2.00 bits per heavy atom. The molecule has 0 saturated heterocycles. The molecule has 248 valence electrons. The van der Waals surface area contributed by atoms with Gasteiger partial charge in [0.25, 0.3) is 10.0 Å². The van der Waals surface area contributed by atoms with Gasteiger partial charge >= 0.3 is 0 Å². The summed E-state index contributed by atoms with van der Waals surface area (Å²) in [6.07, 6.45) is 0.963. The zero-order valence-electron chi connectivity index (χ0n) is 28.1. The zero-order chi connectivity index (χ0) is 34.1. The predicted molar refractivity (Wildman–Crippen MR) is 187 cm³/mol. The number of amides is 2. The molecule has 0 heterocycles. The molecule has 0 radical (unpaired) electrons. The van der Waals surface area contributed by atoms with Crippen LogP contribution in [0.2, 0.25) is 0 Å². The quantitative estimate of drug-likeness (QED) is 0.170. The number of anilines is 1. The SMILES string of the molecule is CC[C@H](C)NC(=O)[C@@H](Cc1ccccc1)N(Cc1ccc(C)cc1)C(=O)CN(c1cc(C)ccc1OC)S(=O)(=O)c1ccc(C)cc1. The first-order valence-corrected chi connectivity index (χ1v) is 17.3. The van der Waals surface area contributed by atoms with Crippen LogP contribution < -0.4 is 14.4 Å². The summed E-state index contributed by atoms with van der Waals surface area (Å²) in [6.45, 7) is 9.16. The molecular formula is C38H45N3O5S. The van der Waals surface area contributed by atoms with Gasteiger partial charge in [-0.1, -0.05) is 90.8 Å². The van der Waals surface area contributed by atoms with E-state index in [0.29, 0.717) is 12.2 Å². The lowest BCUT2D eigenvalue weighted by Crippen LogP contribution is -2.54. The summed E-state index contributed by atoms with van der Waals surface area (Å²) in [5, 5.41) is 3.07. The third kappa shape index (κ3) is 9.01. The zero-order valence-corrected chi connectivity index (χ0v) is 28.9. The molecule has 2 amide bonds. The average Bonchev–Trinajstić information content (AvgIpc) is 3.06. The highest BCUT2D eigenvalue weighted by atomic mass is 32.2. The van der Waals surface area contributed by atoms with Crippen LogP contribution in [0, 0.1) is 20.8 Å². The second kappa shape index (κ2) is 15.8. The first-order valence-electron chi connectivity index (χ1n) is 15.9. The van der Waals surface area contributed by atoms with Crippen LogP contribution in [0.25, 0.3) is 0 Å². The van der Waals surface area contributed by atoms with Gasteiger partial charge in [-0.05, 0) is 75.1 Å². The van der Waals surface area contributed by atoms with Crippen LogP contribution in [0.5, 0.6) is 5.75 Å². The molecule has 4 rings (SSSR count). The van der Waals surface area contributed by atoms with Crippen LogP contribution in [0.4, 0.5) is 5.69 Å². The topological polar surface area (TPSA) is 96.0 Å². The molecule has 0 aromatic heterocycles. The van der Waals surface area contributed by atoms with Crippen LogP contribution >= 0.6 is 0 Å². The second-order valence-corrected chi connectivity index (χ2v) is 13.9. The minimum Gasteiger partial charge on any atom is -0.495 e. The fourth-order valence-electron chi connectivity index (χ4n) is 5.23. The lowest BCUT2D eigenvalue weighted by molar-refractivity contribution is -0.140. The van der Waals surface area contributed by atoms with Gasteiger partial charge in [0.1, 0.15) is 18.3 Å². The van der Waals surface area contributed by atoms with Crippen LogP contribution in [0.1, 0.15) is 48.1 Å². The second-order valence-electron chi connectivity index (χ2n) is 12.0. The van der Waals surface area contributed by atoms with E-state index in [-0.39, 0.29) is 35.5 Å². The minimum absolute atomic E-state index is 0.0416. The van der Waals surface area contributed by atoms with Crippen molar-refractivity contribution >= 4 is 27.5 Å². The predicted octanol–water partition coefficient (Wildman–Crippen LogP) is 6.37. The molecule has 0 aliphatic rings. The van der Waals surface area contributed by atoms with Gasteiger partial charge in [0.15, 0.2) is 0 Å². The van der Waals surface area contributed by atoms with Crippen molar-refractivity contribution in [1.29, 1.82) is 0 Å². The van der Waals surface area contributed by atoms with Crippen molar-refractivity contribution < 1.29 is 22.7 Å². The number of carbonyl (C=O) groups is 2. The van der Waals surface area contributed by atoms with Crippen molar-refractivity contribution in [2.75, 3.05) is 18.0 Å². The normalized spacial score (nSPS) is 12.6. The van der Waals surface area contributed by atoms with Gasteiger partial charge in [-0.15, -0.1) is 0 Å². The van der Waals surface area contributed by atoms with Gasteiger partial charge in [0.05, 0.1) is 17.7 Å². The van der Waals surface area contributed by atoms with Gasteiger partial charge in [-0.25, -0.2) is 8.42 Å². The van der Waals surface area contributed by atoms with Crippen molar-refractivity contribution in [3.8, 4) is 5.75 Å². The number of nitrogens with one attached hydrogen (secondary N) is 1. The van der Waals surface area contributed by atoms with Crippen molar-refractivity contribution in [3.63, 3.8) is 0 Å². The number of hydrogen-bond acceptors (Lipinski definition) is 5. The van der Waals surface area contributed by atoms with E-state index in [0.717, 1.165) is 32.1 Å². The van der Waals surface area contributed by atoms with E-state index in [2.05, 4.69) is 5.32 Å². The molecule has 1 N–H and O–H groups in total. The van der Waals surface area contributed by atoms with Crippen LogP contribution in [-0.4, -0.2) is 50.9 Å². The smallest absolute Gasteiger partial charge is 0.264 e. The molecule has 0 spiro atoms. The first kappa shape index (κ1) is 35.2. The molecule has 0 unspecified atom stereocenters. The molecule has 9 heteroatoms. The number of benzene rings is 4. The van der Waals surface area contributed by atoms with E-state index in [1.165, 1.54) is 24.1 Å². The van der Waals surface area contributed by atoms with Gasteiger partial charge in [0, 0.05) is 19.0 Å². The summed E-state index contributed by atoms with van der Waals surface area (Å²) in [7, 11) is -2.79. The number of ether oxygens (including phenoxy) is 1. The van der Waals surface area contributed by atoms with Crippen molar-refractivity contribution in [2.24, 2.45) is 0 Å². The number of aryl methyl sites for hydroxylation is 3. The highest BCUT2D eigenvalue weighted by Gasteiger charge is 2.36. The van der Waals surface area contributed by atoms with Gasteiger partial charge < -0.3 is 15.0 Å². The summed E-state index contributed by atoms with van der Waals surface area (Å²) in [5.74, 6) is -0.519. The van der Waals surface area contributed by atoms with Crippen molar-refractivity contribution in [3.05, 3.63) is 125 Å². The number of hydrogen-bond donors (Lipinski definition) is 1. The molecule has 2 atom stereocenters. The molecule has 0 saturated carbocycles. The molecule has 4 aromatic carbocycles. The first-order chi connectivity index (χ1) is 22.4. The van der Waals surface area contributed by atoms with E-state index in [9.17, 15) is 18.0 Å². The fraction of sp³-hybridized carbons (Fsp3) is 0.316. The summed E-state index contributed by atoms with van der Waals surface area (Å²) in [6, 6.07) is 28.0. The third-order valence-electron chi connectivity index (χ3n) is 8.24. The maximum Gasteiger partial charge on any atom is 0.264 e. The Hall–Kier alpha value is -4.63. The Morgan fingerprint density at radius 2 is 1.40 bits per heavy atom. The molecular weight excluding hydrogens is 611 g/mol. The highest BCUT2D eigenvalue weighted by Crippen LogP contribution is 2.34. The monoisotopic (exact) mass is 655 g/mol. The van der Waals surface area contributed by atoms with Gasteiger partial charge in [-0.3, -0.25) is 13.9 Å². The molecule has 4 aromatic rings. The molecule has 8 nitrogen and oxygen atoms in total. The minimum atomic E-state index is -4.25. The Kier molecular flexibility index (Phi) is 11.8. The summed E-state index contributed by atoms with van der Waals surface area (Å²) in [5.41, 5.74) is 4.69. The Morgan fingerprint density at radius 1 is 0.809 bits per heavy atom. The molecule has 0 fully saturated rings. The molecule has 0 bridgehead atoms. The van der Waals surface area contributed by atoms with Gasteiger partial charge in [0.2, 0.25) is 11.8 Å². The van der Waals surface area contributed by atoms with E-state index >= 15 is 0 Å². The molecule has 0 aliphatic carbocycles. The maximum atomic E-state index is 14.7. The maximum absolute atomic E-state index is 14.7. The third-order valence-corrected chi connectivity index (χ3v) is 10.0. The summed E-state index contributed by atoms with van der Waals surface area (Å²) >= 11 is 0. The Balaban J connectivity index is 1.85. The van der Waals surface area contributed by atoms with E-state index < -0.39 is 28.5 Å². The standard InChI is InChI=1S/C38H45N3O5S/c1-7-30(5)39-38(43)35(24-31-11-9-8-10-12-31)40(25-32-18-13-27(2)14-19-32)37(42)26-41(34-23-29(4)17-22-36(34)46-6)47(44,45)33-20-15-28(3)16-21-33/h8-23,30,35H,7,24-26H2,1-6H3,(H,39,43)/t30-,35+/m0/s1. The summed E-state index contributed by atoms with van der Waals surface area (Å²) in [4.78, 5) is 30.3.